The number of nitrogens with one attached hydrogen (secondary N) is 1. The van der Waals surface area contributed by atoms with Gasteiger partial charge >= 0.3 is 0 Å². The molecule has 0 saturated heterocycles. The van der Waals surface area contributed by atoms with Gasteiger partial charge in [-0.05, 0) is 37.1 Å². The molecule has 0 radical (unpaired) electrons. The van der Waals surface area contributed by atoms with Crippen LogP contribution in [0, 0.1) is 12.3 Å². The lowest BCUT2D eigenvalue weighted by Gasteiger charge is -2.07. The van der Waals surface area contributed by atoms with Crippen molar-refractivity contribution < 1.29 is 4.74 Å². The summed E-state index contributed by atoms with van der Waals surface area (Å²) in [4.78, 5) is 0. The van der Waals surface area contributed by atoms with E-state index >= 15 is 0 Å². The van der Waals surface area contributed by atoms with E-state index in [1.54, 1.807) is 0 Å². The molecule has 1 rings (SSSR count). The van der Waals surface area contributed by atoms with Gasteiger partial charge in [0.15, 0.2) is 0 Å². The van der Waals surface area contributed by atoms with Crippen molar-refractivity contribution in [3.63, 3.8) is 0 Å². The Morgan fingerprint density at radius 3 is 3.06 bits per heavy atom. The molecule has 0 amide bonds. The van der Waals surface area contributed by atoms with Crippen molar-refractivity contribution in [2.45, 2.75) is 32.7 Å². The van der Waals surface area contributed by atoms with Crippen LogP contribution < -0.4 is 10.1 Å². The van der Waals surface area contributed by atoms with Gasteiger partial charge in [-0.2, -0.15) is 0 Å². The first-order chi connectivity index (χ1) is 8.36. The van der Waals surface area contributed by atoms with E-state index in [1.165, 1.54) is 5.56 Å². The van der Waals surface area contributed by atoms with Crippen LogP contribution in [0.4, 0.5) is 0 Å². The Bertz CT molecular complexity index is 354. The van der Waals surface area contributed by atoms with Gasteiger partial charge in [0.25, 0.3) is 0 Å². The minimum absolute atomic E-state index is 0.777. The van der Waals surface area contributed by atoms with Crippen molar-refractivity contribution in [1.82, 2.24) is 5.32 Å². The van der Waals surface area contributed by atoms with Crippen LogP contribution in [0.5, 0.6) is 5.75 Å². The zero-order valence-corrected chi connectivity index (χ0v) is 10.5. The standard InChI is InChI=1S/C15H21NO/c1-3-5-6-10-16-13-14-8-7-9-15(12-14)17-11-4-2/h1,7-9,12,16H,4-6,10-11,13H2,2H3. The van der Waals surface area contributed by atoms with Crippen molar-refractivity contribution >= 4 is 0 Å². The molecule has 0 aliphatic carbocycles. The van der Waals surface area contributed by atoms with E-state index in [0.717, 1.165) is 44.7 Å². The third-order valence-electron chi connectivity index (χ3n) is 2.38. The van der Waals surface area contributed by atoms with Crippen LogP contribution in [0.3, 0.4) is 0 Å². The van der Waals surface area contributed by atoms with Crippen LogP contribution in [0.15, 0.2) is 24.3 Å². The van der Waals surface area contributed by atoms with E-state index in [-0.39, 0.29) is 0 Å². The lowest BCUT2D eigenvalue weighted by Crippen LogP contribution is -2.14. The highest BCUT2D eigenvalue weighted by Gasteiger charge is 1.96. The fourth-order valence-electron chi connectivity index (χ4n) is 1.51. The summed E-state index contributed by atoms with van der Waals surface area (Å²) in [5, 5.41) is 3.37. The summed E-state index contributed by atoms with van der Waals surface area (Å²) in [6, 6.07) is 8.22. The van der Waals surface area contributed by atoms with Crippen LogP contribution in [-0.4, -0.2) is 13.2 Å². The maximum Gasteiger partial charge on any atom is 0.119 e. The number of rotatable bonds is 8. The van der Waals surface area contributed by atoms with Crippen molar-refractivity contribution in [2.24, 2.45) is 0 Å². The molecular formula is C15H21NO. The van der Waals surface area contributed by atoms with Crippen LogP contribution in [-0.2, 0) is 6.54 Å². The zero-order valence-electron chi connectivity index (χ0n) is 10.5. The minimum atomic E-state index is 0.777. The van der Waals surface area contributed by atoms with Gasteiger partial charge in [0.1, 0.15) is 5.75 Å². The zero-order chi connectivity index (χ0) is 12.3. The Morgan fingerprint density at radius 2 is 2.29 bits per heavy atom. The Labute approximate surface area is 104 Å². The van der Waals surface area contributed by atoms with E-state index in [1.807, 2.05) is 12.1 Å². The van der Waals surface area contributed by atoms with E-state index in [2.05, 4.69) is 30.3 Å². The summed E-state index contributed by atoms with van der Waals surface area (Å²) in [6.07, 6.45) is 8.10. The fourth-order valence-corrected chi connectivity index (χ4v) is 1.51. The normalized spacial score (nSPS) is 9.88. The van der Waals surface area contributed by atoms with Crippen LogP contribution in [0.2, 0.25) is 0 Å². The predicted octanol–water partition coefficient (Wildman–Crippen LogP) is 2.98. The second-order valence-electron chi connectivity index (χ2n) is 3.98. The molecule has 1 N–H and O–H groups in total. The monoisotopic (exact) mass is 231 g/mol. The second kappa shape index (κ2) is 8.66. The molecule has 0 aliphatic rings. The lowest BCUT2D eigenvalue weighted by atomic mass is 10.2. The molecular weight excluding hydrogens is 210 g/mol. The molecule has 17 heavy (non-hydrogen) atoms. The molecule has 0 aliphatic heterocycles. The molecule has 1 aromatic rings. The van der Waals surface area contributed by atoms with E-state index in [4.69, 9.17) is 11.2 Å². The van der Waals surface area contributed by atoms with E-state index < -0.39 is 0 Å². The second-order valence-corrected chi connectivity index (χ2v) is 3.98. The quantitative estimate of drug-likeness (QED) is 0.548. The summed E-state index contributed by atoms with van der Waals surface area (Å²) in [6.45, 7) is 4.72. The largest absolute Gasteiger partial charge is 0.494 e. The third-order valence-corrected chi connectivity index (χ3v) is 2.38. The summed E-state index contributed by atoms with van der Waals surface area (Å²) in [7, 11) is 0. The topological polar surface area (TPSA) is 21.3 Å². The van der Waals surface area contributed by atoms with Crippen LogP contribution in [0.25, 0.3) is 0 Å². The Hall–Kier alpha value is -1.46. The SMILES string of the molecule is C#CCCCNCc1cccc(OCCC)c1. The highest BCUT2D eigenvalue weighted by molar-refractivity contribution is 5.28. The lowest BCUT2D eigenvalue weighted by molar-refractivity contribution is 0.317. The molecule has 2 heteroatoms. The Kier molecular flexibility index (Phi) is 6.93. The van der Waals surface area contributed by atoms with Gasteiger partial charge in [-0.25, -0.2) is 0 Å². The number of terminal acetylenes is 1. The van der Waals surface area contributed by atoms with Gasteiger partial charge in [-0.15, -0.1) is 12.3 Å². The maximum atomic E-state index is 5.59. The summed E-state index contributed by atoms with van der Waals surface area (Å²) >= 11 is 0. The predicted molar refractivity (Wildman–Crippen MR) is 72.0 cm³/mol. The number of ether oxygens (including phenoxy) is 1. The molecule has 92 valence electrons. The number of hydrogen-bond acceptors (Lipinski definition) is 2. The maximum absolute atomic E-state index is 5.59. The summed E-state index contributed by atoms with van der Waals surface area (Å²) in [5.74, 6) is 3.59. The minimum Gasteiger partial charge on any atom is -0.494 e. The van der Waals surface area contributed by atoms with Crippen LogP contribution >= 0.6 is 0 Å². The average molecular weight is 231 g/mol. The molecule has 0 saturated carbocycles. The first-order valence-electron chi connectivity index (χ1n) is 6.22. The van der Waals surface area contributed by atoms with Crippen molar-refractivity contribution in [1.29, 1.82) is 0 Å². The summed E-state index contributed by atoms with van der Waals surface area (Å²) in [5.41, 5.74) is 1.25. The first kappa shape index (κ1) is 13.6. The van der Waals surface area contributed by atoms with Gasteiger partial charge in [0, 0.05) is 13.0 Å². The van der Waals surface area contributed by atoms with Crippen molar-refractivity contribution in [2.75, 3.05) is 13.2 Å². The number of benzene rings is 1. The number of hydrogen-bond donors (Lipinski definition) is 1. The molecule has 0 aromatic heterocycles. The summed E-state index contributed by atoms with van der Waals surface area (Å²) < 4.78 is 5.59. The molecule has 1 aromatic carbocycles. The smallest absolute Gasteiger partial charge is 0.119 e. The van der Waals surface area contributed by atoms with Gasteiger partial charge in [-0.1, -0.05) is 19.1 Å². The average Bonchev–Trinajstić information content (AvgIpc) is 2.37. The van der Waals surface area contributed by atoms with Crippen molar-refractivity contribution in [3.05, 3.63) is 29.8 Å². The van der Waals surface area contributed by atoms with Crippen molar-refractivity contribution in [3.8, 4) is 18.1 Å². The van der Waals surface area contributed by atoms with E-state index in [0.29, 0.717) is 0 Å². The van der Waals surface area contributed by atoms with Gasteiger partial charge in [-0.3, -0.25) is 0 Å². The molecule has 0 heterocycles. The number of unbranched alkanes of at least 4 members (excludes halogenated alkanes) is 1. The Balaban J connectivity index is 2.30. The third kappa shape index (κ3) is 5.99. The highest BCUT2D eigenvalue weighted by Crippen LogP contribution is 2.13. The van der Waals surface area contributed by atoms with E-state index in [9.17, 15) is 0 Å². The molecule has 0 atom stereocenters. The first-order valence-corrected chi connectivity index (χ1v) is 6.22. The Morgan fingerprint density at radius 1 is 1.41 bits per heavy atom. The van der Waals surface area contributed by atoms with Gasteiger partial charge < -0.3 is 10.1 Å². The highest BCUT2D eigenvalue weighted by atomic mass is 16.5. The molecule has 2 nitrogen and oxygen atoms in total. The molecule has 0 unspecified atom stereocenters. The molecule has 0 fully saturated rings. The molecule has 0 spiro atoms. The fraction of sp³-hybridized carbons (Fsp3) is 0.467. The van der Waals surface area contributed by atoms with Gasteiger partial charge in [0.05, 0.1) is 6.61 Å². The molecule has 0 bridgehead atoms. The van der Waals surface area contributed by atoms with Crippen LogP contribution in [0.1, 0.15) is 31.7 Å². The van der Waals surface area contributed by atoms with Gasteiger partial charge in [0.2, 0.25) is 0 Å².